The molecule has 2 N–H and O–H groups in total. The summed E-state index contributed by atoms with van der Waals surface area (Å²) in [5.74, 6) is -0.0837. The minimum Gasteiger partial charge on any atom is -0.387 e. The fourth-order valence-corrected chi connectivity index (χ4v) is 4.27. The van der Waals surface area contributed by atoms with Gasteiger partial charge in [-0.3, -0.25) is 0 Å². The molecule has 1 unspecified atom stereocenters. The van der Waals surface area contributed by atoms with Crippen LogP contribution in [0, 0.1) is 5.92 Å². The number of halogens is 2. The smallest absolute Gasteiger partial charge is 0.240 e. The Morgan fingerprint density at radius 1 is 1.08 bits per heavy atom. The molecular formula is C18H21Cl2NO3S. The molecule has 7 heteroatoms. The maximum Gasteiger partial charge on any atom is 0.240 e. The van der Waals surface area contributed by atoms with E-state index in [4.69, 9.17) is 23.2 Å². The molecule has 2 rings (SSSR count). The van der Waals surface area contributed by atoms with Crippen LogP contribution in [0.25, 0.3) is 0 Å². The molecule has 25 heavy (non-hydrogen) atoms. The number of aliphatic hydroxyl groups is 1. The van der Waals surface area contributed by atoms with Crippen LogP contribution >= 0.6 is 23.2 Å². The highest BCUT2D eigenvalue weighted by molar-refractivity contribution is 7.89. The van der Waals surface area contributed by atoms with E-state index in [1.807, 2.05) is 13.8 Å². The van der Waals surface area contributed by atoms with Gasteiger partial charge in [0.2, 0.25) is 10.0 Å². The second kappa shape index (κ2) is 8.52. The van der Waals surface area contributed by atoms with Crippen LogP contribution < -0.4 is 4.72 Å². The van der Waals surface area contributed by atoms with E-state index in [9.17, 15) is 13.5 Å². The lowest BCUT2D eigenvalue weighted by Gasteiger charge is -2.29. The SMILES string of the molecule is CC[C@H](C)[C@H](NS(=O)(=O)c1cccc(Cl)c1)C(O)c1ccc(Cl)cc1. The van der Waals surface area contributed by atoms with E-state index in [1.165, 1.54) is 12.1 Å². The average Bonchev–Trinajstić information content (AvgIpc) is 2.59. The highest BCUT2D eigenvalue weighted by Crippen LogP contribution is 2.27. The fraction of sp³-hybridized carbons (Fsp3) is 0.333. The van der Waals surface area contributed by atoms with Crippen molar-refractivity contribution in [2.45, 2.75) is 37.3 Å². The lowest BCUT2D eigenvalue weighted by atomic mass is 9.91. The maximum atomic E-state index is 12.7. The molecule has 2 aromatic carbocycles. The van der Waals surface area contributed by atoms with E-state index < -0.39 is 22.2 Å². The Balaban J connectivity index is 2.33. The first-order chi connectivity index (χ1) is 11.7. The molecule has 0 bridgehead atoms. The van der Waals surface area contributed by atoms with Gasteiger partial charge in [-0.1, -0.05) is 61.7 Å². The molecule has 0 saturated carbocycles. The predicted octanol–water partition coefficient (Wildman–Crippen LogP) is 4.42. The first-order valence-corrected chi connectivity index (χ1v) is 10.2. The molecule has 2 aromatic rings. The molecule has 0 aliphatic rings. The van der Waals surface area contributed by atoms with E-state index >= 15 is 0 Å². The quantitative estimate of drug-likeness (QED) is 0.721. The van der Waals surface area contributed by atoms with Crippen LogP contribution in [-0.4, -0.2) is 19.6 Å². The third-order valence-corrected chi connectivity index (χ3v) is 6.15. The van der Waals surface area contributed by atoms with Gasteiger partial charge < -0.3 is 5.11 Å². The first-order valence-electron chi connectivity index (χ1n) is 7.96. The zero-order valence-electron chi connectivity index (χ0n) is 14.0. The predicted molar refractivity (Wildman–Crippen MR) is 101 cm³/mol. The van der Waals surface area contributed by atoms with Gasteiger partial charge in [-0.2, -0.15) is 0 Å². The zero-order chi connectivity index (χ0) is 18.6. The molecule has 0 saturated heterocycles. The zero-order valence-corrected chi connectivity index (χ0v) is 16.3. The minimum absolute atomic E-state index is 0.0663. The van der Waals surface area contributed by atoms with Crippen LogP contribution in [0.5, 0.6) is 0 Å². The summed E-state index contributed by atoms with van der Waals surface area (Å²) in [5.41, 5.74) is 0.600. The van der Waals surface area contributed by atoms with Crippen molar-refractivity contribution in [1.29, 1.82) is 0 Å². The number of aliphatic hydroxyl groups excluding tert-OH is 1. The standard InChI is InChI=1S/C18H21Cl2NO3S/c1-3-12(2)17(18(22)13-7-9-14(19)10-8-13)21-25(23,24)16-6-4-5-15(20)11-16/h4-12,17-18,21-22H,3H2,1-2H3/t12-,17-,18?/m0/s1. The fourth-order valence-electron chi connectivity index (χ4n) is 2.49. The van der Waals surface area contributed by atoms with Gasteiger partial charge in [0.1, 0.15) is 0 Å². The highest BCUT2D eigenvalue weighted by Gasteiger charge is 2.30. The largest absolute Gasteiger partial charge is 0.387 e. The Morgan fingerprint density at radius 2 is 1.72 bits per heavy atom. The molecular weight excluding hydrogens is 381 g/mol. The molecule has 3 atom stereocenters. The van der Waals surface area contributed by atoms with Crippen molar-refractivity contribution in [2.75, 3.05) is 0 Å². The highest BCUT2D eigenvalue weighted by atomic mass is 35.5. The molecule has 0 heterocycles. The average molecular weight is 402 g/mol. The molecule has 0 aromatic heterocycles. The Hall–Kier alpha value is -1.11. The van der Waals surface area contributed by atoms with Crippen molar-refractivity contribution in [2.24, 2.45) is 5.92 Å². The topological polar surface area (TPSA) is 66.4 Å². The maximum absolute atomic E-state index is 12.7. The Morgan fingerprint density at radius 3 is 2.28 bits per heavy atom. The molecule has 0 amide bonds. The van der Waals surface area contributed by atoms with Gasteiger partial charge in [0, 0.05) is 10.0 Å². The molecule has 0 aliphatic heterocycles. The number of hydrogen-bond donors (Lipinski definition) is 2. The molecule has 136 valence electrons. The second-order valence-electron chi connectivity index (χ2n) is 5.99. The summed E-state index contributed by atoms with van der Waals surface area (Å²) >= 11 is 11.8. The van der Waals surface area contributed by atoms with E-state index in [0.717, 1.165) is 0 Å². The minimum atomic E-state index is -3.82. The van der Waals surface area contributed by atoms with Crippen molar-refractivity contribution >= 4 is 33.2 Å². The van der Waals surface area contributed by atoms with E-state index in [1.54, 1.807) is 36.4 Å². The van der Waals surface area contributed by atoms with Gasteiger partial charge in [0.05, 0.1) is 17.0 Å². The Labute approximate surface area is 158 Å². The second-order valence-corrected chi connectivity index (χ2v) is 8.57. The van der Waals surface area contributed by atoms with Crippen molar-refractivity contribution in [3.8, 4) is 0 Å². The van der Waals surface area contributed by atoms with Crippen molar-refractivity contribution in [3.05, 3.63) is 64.1 Å². The number of rotatable bonds is 7. The summed E-state index contributed by atoms with van der Waals surface area (Å²) in [6.07, 6.45) is -0.297. The van der Waals surface area contributed by atoms with Crippen molar-refractivity contribution < 1.29 is 13.5 Å². The van der Waals surface area contributed by atoms with Crippen LogP contribution in [0.15, 0.2) is 53.4 Å². The van der Waals surface area contributed by atoms with E-state index in [2.05, 4.69) is 4.72 Å². The van der Waals surface area contributed by atoms with Crippen LogP contribution in [0.2, 0.25) is 10.0 Å². The van der Waals surface area contributed by atoms with Gasteiger partial charge in [-0.25, -0.2) is 13.1 Å². The third kappa shape index (κ3) is 5.19. The van der Waals surface area contributed by atoms with Crippen LogP contribution in [-0.2, 0) is 10.0 Å². The van der Waals surface area contributed by atoms with E-state index in [-0.39, 0.29) is 10.8 Å². The number of sulfonamides is 1. The van der Waals surface area contributed by atoms with Crippen LogP contribution in [0.3, 0.4) is 0 Å². The summed E-state index contributed by atoms with van der Waals surface area (Å²) in [6.45, 7) is 3.84. The monoisotopic (exact) mass is 401 g/mol. The molecule has 0 radical (unpaired) electrons. The number of hydrogen-bond acceptors (Lipinski definition) is 3. The number of benzene rings is 2. The molecule has 0 fully saturated rings. The summed E-state index contributed by atoms with van der Waals surface area (Å²) in [5, 5.41) is 11.6. The van der Waals surface area contributed by atoms with Gasteiger partial charge >= 0.3 is 0 Å². The summed E-state index contributed by atoms with van der Waals surface area (Å²) in [6, 6.07) is 12.1. The Kier molecular flexibility index (Phi) is 6.88. The molecule has 4 nitrogen and oxygen atoms in total. The first kappa shape index (κ1) is 20.2. The lowest BCUT2D eigenvalue weighted by molar-refractivity contribution is 0.112. The molecule has 0 spiro atoms. The van der Waals surface area contributed by atoms with Gasteiger partial charge in [0.15, 0.2) is 0 Å². The molecule has 0 aliphatic carbocycles. The van der Waals surface area contributed by atoms with Crippen LogP contribution in [0.1, 0.15) is 31.9 Å². The van der Waals surface area contributed by atoms with E-state index in [0.29, 0.717) is 22.0 Å². The third-order valence-electron chi connectivity index (χ3n) is 4.21. The summed E-state index contributed by atoms with van der Waals surface area (Å²) < 4.78 is 28.0. The van der Waals surface area contributed by atoms with Crippen LogP contribution in [0.4, 0.5) is 0 Å². The summed E-state index contributed by atoms with van der Waals surface area (Å²) in [4.78, 5) is 0.0663. The van der Waals surface area contributed by atoms with Crippen molar-refractivity contribution in [3.63, 3.8) is 0 Å². The lowest BCUT2D eigenvalue weighted by Crippen LogP contribution is -2.43. The van der Waals surface area contributed by atoms with Gasteiger partial charge in [0.25, 0.3) is 0 Å². The summed E-state index contributed by atoms with van der Waals surface area (Å²) in [7, 11) is -3.82. The normalized spacial score (nSPS) is 15.6. The van der Waals surface area contributed by atoms with Gasteiger partial charge in [-0.15, -0.1) is 0 Å². The number of nitrogens with one attached hydrogen (secondary N) is 1. The van der Waals surface area contributed by atoms with Gasteiger partial charge in [-0.05, 0) is 41.8 Å². The Bertz CT molecular complexity index is 809. The van der Waals surface area contributed by atoms with Crippen molar-refractivity contribution in [1.82, 2.24) is 4.72 Å².